The molecule has 0 unspecified atom stereocenters. The van der Waals surface area contributed by atoms with Gasteiger partial charge in [0.1, 0.15) is 5.54 Å². The Hall–Kier alpha value is -1.79. The highest BCUT2D eigenvalue weighted by atomic mass is 16.5. The number of carboxylic acids is 1. The van der Waals surface area contributed by atoms with Gasteiger partial charge in [0.05, 0.1) is 13.0 Å². The SMILES string of the molecule is CCOC(=O)CCNC(=O)NC1(C(=O)O)CCC1. The summed E-state index contributed by atoms with van der Waals surface area (Å²) < 4.78 is 4.69. The van der Waals surface area contributed by atoms with E-state index in [1.807, 2.05) is 0 Å². The summed E-state index contributed by atoms with van der Waals surface area (Å²) >= 11 is 0. The average Bonchev–Trinajstić information content (AvgIpc) is 2.23. The van der Waals surface area contributed by atoms with E-state index in [0.29, 0.717) is 19.4 Å². The van der Waals surface area contributed by atoms with Crippen LogP contribution in [0, 0.1) is 0 Å². The van der Waals surface area contributed by atoms with Gasteiger partial charge in [-0.2, -0.15) is 0 Å². The monoisotopic (exact) mass is 258 g/mol. The molecular weight excluding hydrogens is 240 g/mol. The topological polar surface area (TPSA) is 105 Å². The Morgan fingerprint density at radius 3 is 2.44 bits per heavy atom. The van der Waals surface area contributed by atoms with Crippen LogP contribution < -0.4 is 10.6 Å². The molecule has 1 aliphatic carbocycles. The number of rotatable bonds is 6. The molecule has 18 heavy (non-hydrogen) atoms. The number of amides is 2. The largest absolute Gasteiger partial charge is 0.480 e. The summed E-state index contributed by atoms with van der Waals surface area (Å²) in [7, 11) is 0. The molecule has 0 aliphatic heterocycles. The van der Waals surface area contributed by atoms with Crippen LogP contribution in [-0.4, -0.2) is 41.8 Å². The van der Waals surface area contributed by atoms with Crippen molar-refractivity contribution in [2.24, 2.45) is 0 Å². The lowest BCUT2D eigenvalue weighted by atomic mass is 9.77. The van der Waals surface area contributed by atoms with Crippen molar-refractivity contribution in [3.8, 4) is 0 Å². The summed E-state index contributed by atoms with van der Waals surface area (Å²) in [5.41, 5.74) is -1.13. The van der Waals surface area contributed by atoms with E-state index < -0.39 is 23.5 Å². The number of ether oxygens (including phenoxy) is 1. The van der Waals surface area contributed by atoms with E-state index in [2.05, 4.69) is 10.6 Å². The summed E-state index contributed by atoms with van der Waals surface area (Å²) in [4.78, 5) is 33.4. The average molecular weight is 258 g/mol. The Bertz CT molecular complexity index is 338. The summed E-state index contributed by atoms with van der Waals surface area (Å²) in [5.74, 6) is -1.41. The minimum absolute atomic E-state index is 0.0708. The number of carbonyl (C=O) groups excluding carboxylic acids is 2. The van der Waals surface area contributed by atoms with Gasteiger partial charge in [0, 0.05) is 6.54 Å². The van der Waals surface area contributed by atoms with Crippen LogP contribution in [0.5, 0.6) is 0 Å². The zero-order valence-electron chi connectivity index (χ0n) is 10.3. The predicted molar refractivity (Wildman–Crippen MR) is 62.0 cm³/mol. The molecule has 1 aliphatic rings. The predicted octanol–water partition coefficient (Wildman–Crippen LogP) is 0.246. The van der Waals surface area contributed by atoms with E-state index in [-0.39, 0.29) is 13.0 Å². The Morgan fingerprint density at radius 1 is 1.33 bits per heavy atom. The van der Waals surface area contributed by atoms with Gasteiger partial charge >= 0.3 is 18.0 Å². The minimum atomic E-state index is -1.13. The van der Waals surface area contributed by atoms with Crippen molar-refractivity contribution < 1.29 is 24.2 Å². The number of aliphatic carboxylic acids is 1. The molecule has 3 N–H and O–H groups in total. The number of urea groups is 1. The summed E-state index contributed by atoms with van der Waals surface area (Å²) in [5, 5.41) is 13.9. The summed E-state index contributed by atoms with van der Waals surface area (Å²) in [6.07, 6.45) is 1.73. The quantitative estimate of drug-likeness (QED) is 0.592. The minimum Gasteiger partial charge on any atom is -0.480 e. The van der Waals surface area contributed by atoms with Gasteiger partial charge in [-0.25, -0.2) is 9.59 Å². The van der Waals surface area contributed by atoms with E-state index >= 15 is 0 Å². The van der Waals surface area contributed by atoms with Crippen LogP contribution in [0.2, 0.25) is 0 Å². The third kappa shape index (κ3) is 3.61. The number of hydrogen-bond donors (Lipinski definition) is 3. The van der Waals surface area contributed by atoms with Crippen molar-refractivity contribution in [3.05, 3.63) is 0 Å². The first-order chi connectivity index (χ1) is 8.50. The maximum atomic E-state index is 11.5. The van der Waals surface area contributed by atoms with Gasteiger partial charge < -0.3 is 20.5 Å². The van der Waals surface area contributed by atoms with Crippen molar-refractivity contribution in [2.45, 2.75) is 38.1 Å². The Labute approximate surface area is 105 Å². The van der Waals surface area contributed by atoms with Gasteiger partial charge in [0.15, 0.2) is 0 Å². The molecule has 102 valence electrons. The maximum absolute atomic E-state index is 11.5. The molecule has 0 heterocycles. The van der Waals surface area contributed by atoms with Crippen LogP contribution in [0.15, 0.2) is 0 Å². The van der Waals surface area contributed by atoms with Gasteiger partial charge in [-0.05, 0) is 26.2 Å². The second-order valence-electron chi connectivity index (χ2n) is 4.18. The highest BCUT2D eigenvalue weighted by Crippen LogP contribution is 2.31. The van der Waals surface area contributed by atoms with Crippen LogP contribution in [0.1, 0.15) is 32.6 Å². The van der Waals surface area contributed by atoms with Crippen LogP contribution in [0.25, 0.3) is 0 Å². The molecular formula is C11H18N2O5. The van der Waals surface area contributed by atoms with Crippen LogP contribution in [0.3, 0.4) is 0 Å². The molecule has 0 atom stereocenters. The van der Waals surface area contributed by atoms with Crippen LogP contribution in [-0.2, 0) is 14.3 Å². The van der Waals surface area contributed by atoms with Crippen molar-refractivity contribution in [3.63, 3.8) is 0 Å². The first-order valence-corrected chi connectivity index (χ1v) is 5.95. The standard InChI is InChI=1S/C11H18N2O5/c1-2-18-8(14)4-7-12-10(17)13-11(9(15)16)5-3-6-11/h2-7H2,1H3,(H,15,16)(H2,12,13,17). The Morgan fingerprint density at radius 2 is 2.00 bits per heavy atom. The molecule has 2 amide bonds. The third-order valence-electron chi connectivity index (χ3n) is 2.89. The van der Waals surface area contributed by atoms with E-state index in [1.54, 1.807) is 6.92 Å². The molecule has 1 fully saturated rings. The number of nitrogens with one attached hydrogen (secondary N) is 2. The van der Waals surface area contributed by atoms with Gasteiger partial charge in [-0.1, -0.05) is 0 Å². The fourth-order valence-corrected chi connectivity index (χ4v) is 1.70. The molecule has 0 aromatic rings. The van der Waals surface area contributed by atoms with E-state index in [4.69, 9.17) is 9.84 Å². The zero-order chi connectivity index (χ0) is 13.6. The first kappa shape index (κ1) is 14.3. The van der Waals surface area contributed by atoms with Crippen molar-refractivity contribution in [2.75, 3.05) is 13.2 Å². The zero-order valence-corrected chi connectivity index (χ0v) is 10.3. The molecule has 1 saturated carbocycles. The number of carbonyl (C=O) groups is 3. The highest BCUT2D eigenvalue weighted by molar-refractivity contribution is 5.87. The van der Waals surface area contributed by atoms with Gasteiger partial charge in [-0.15, -0.1) is 0 Å². The molecule has 0 radical (unpaired) electrons. The lowest BCUT2D eigenvalue weighted by Crippen LogP contribution is -2.61. The molecule has 0 saturated heterocycles. The van der Waals surface area contributed by atoms with Crippen LogP contribution >= 0.6 is 0 Å². The second kappa shape index (κ2) is 6.23. The Balaban J connectivity index is 2.25. The van der Waals surface area contributed by atoms with Crippen molar-refractivity contribution in [1.29, 1.82) is 0 Å². The molecule has 0 spiro atoms. The molecule has 1 rings (SSSR count). The van der Waals surface area contributed by atoms with E-state index in [9.17, 15) is 14.4 Å². The van der Waals surface area contributed by atoms with Gasteiger partial charge in [-0.3, -0.25) is 4.79 Å². The lowest BCUT2D eigenvalue weighted by Gasteiger charge is -2.38. The first-order valence-electron chi connectivity index (χ1n) is 5.95. The normalized spacial score (nSPS) is 16.3. The second-order valence-corrected chi connectivity index (χ2v) is 4.18. The van der Waals surface area contributed by atoms with Gasteiger partial charge in [0.2, 0.25) is 0 Å². The smallest absolute Gasteiger partial charge is 0.329 e. The maximum Gasteiger partial charge on any atom is 0.329 e. The Kier molecular flexibility index (Phi) is 4.94. The third-order valence-corrected chi connectivity index (χ3v) is 2.89. The number of carboxylic acid groups (broad SMARTS) is 1. The lowest BCUT2D eigenvalue weighted by molar-refractivity contribution is -0.148. The van der Waals surface area contributed by atoms with E-state index in [1.165, 1.54) is 0 Å². The summed E-state index contributed by atoms with van der Waals surface area (Å²) in [6, 6.07) is -0.568. The fourth-order valence-electron chi connectivity index (χ4n) is 1.70. The molecule has 7 heteroatoms. The van der Waals surface area contributed by atoms with Gasteiger partial charge in [0.25, 0.3) is 0 Å². The molecule has 0 bridgehead atoms. The molecule has 0 aromatic heterocycles. The number of hydrogen-bond acceptors (Lipinski definition) is 4. The summed E-state index contributed by atoms with van der Waals surface area (Å²) in [6.45, 7) is 2.12. The van der Waals surface area contributed by atoms with E-state index in [0.717, 1.165) is 6.42 Å². The van der Waals surface area contributed by atoms with Crippen LogP contribution in [0.4, 0.5) is 4.79 Å². The van der Waals surface area contributed by atoms with Crippen molar-refractivity contribution >= 4 is 18.0 Å². The fraction of sp³-hybridized carbons (Fsp3) is 0.727. The highest BCUT2D eigenvalue weighted by Gasteiger charge is 2.45. The number of esters is 1. The van der Waals surface area contributed by atoms with Crippen molar-refractivity contribution in [1.82, 2.24) is 10.6 Å². The molecule has 0 aromatic carbocycles. The molecule has 7 nitrogen and oxygen atoms in total.